The SMILES string of the molecule is C[C@@H](NCc1cncn1C)c1nc(C2CCCCC2)no1. The van der Waals surface area contributed by atoms with Crippen LogP contribution in [0.2, 0.25) is 0 Å². The second-order valence-electron chi connectivity index (χ2n) is 5.92. The van der Waals surface area contributed by atoms with E-state index in [9.17, 15) is 0 Å². The van der Waals surface area contributed by atoms with E-state index in [-0.39, 0.29) is 6.04 Å². The van der Waals surface area contributed by atoms with E-state index in [1.54, 1.807) is 6.33 Å². The maximum Gasteiger partial charge on any atom is 0.243 e. The lowest BCUT2D eigenvalue weighted by molar-refractivity contribution is 0.328. The minimum Gasteiger partial charge on any atom is -0.338 e. The van der Waals surface area contributed by atoms with Gasteiger partial charge >= 0.3 is 0 Å². The van der Waals surface area contributed by atoms with Gasteiger partial charge in [-0.15, -0.1) is 0 Å². The van der Waals surface area contributed by atoms with Crippen LogP contribution in [0.5, 0.6) is 0 Å². The quantitative estimate of drug-likeness (QED) is 0.916. The third-order valence-electron chi connectivity index (χ3n) is 4.30. The van der Waals surface area contributed by atoms with Crippen molar-refractivity contribution in [1.29, 1.82) is 0 Å². The van der Waals surface area contributed by atoms with Gasteiger partial charge in [-0.05, 0) is 19.8 Å². The molecule has 0 spiro atoms. The highest BCUT2D eigenvalue weighted by molar-refractivity contribution is 5.01. The van der Waals surface area contributed by atoms with Gasteiger partial charge in [0.15, 0.2) is 5.82 Å². The first-order valence-corrected chi connectivity index (χ1v) is 7.76. The van der Waals surface area contributed by atoms with Crippen molar-refractivity contribution in [3.05, 3.63) is 29.9 Å². The molecule has 1 N–H and O–H groups in total. The van der Waals surface area contributed by atoms with Crippen LogP contribution in [0.25, 0.3) is 0 Å². The highest BCUT2D eigenvalue weighted by Gasteiger charge is 2.22. The van der Waals surface area contributed by atoms with Crippen molar-refractivity contribution in [3.63, 3.8) is 0 Å². The van der Waals surface area contributed by atoms with E-state index in [1.807, 2.05) is 17.8 Å². The molecule has 6 nitrogen and oxygen atoms in total. The molecule has 0 saturated heterocycles. The fraction of sp³-hybridized carbons (Fsp3) is 0.667. The van der Waals surface area contributed by atoms with E-state index in [1.165, 1.54) is 32.1 Å². The molecule has 0 aliphatic heterocycles. The number of nitrogens with zero attached hydrogens (tertiary/aromatic N) is 4. The fourth-order valence-corrected chi connectivity index (χ4v) is 2.85. The summed E-state index contributed by atoms with van der Waals surface area (Å²) in [6.45, 7) is 2.79. The molecule has 0 aromatic carbocycles. The van der Waals surface area contributed by atoms with Crippen molar-refractivity contribution in [2.24, 2.45) is 7.05 Å². The first-order chi connectivity index (χ1) is 10.2. The van der Waals surface area contributed by atoms with Gasteiger partial charge in [0.2, 0.25) is 5.89 Å². The molecule has 0 amide bonds. The molecule has 0 bridgehead atoms. The molecule has 114 valence electrons. The molecule has 1 aliphatic rings. The Labute approximate surface area is 125 Å². The van der Waals surface area contributed by atoms with E-state index in [0.717, 1.165) is 18.1 Å². The van der Waals surface area contributed by atoms with Gasteiger partial charge in [-0.1, -0.05) is 24.4 Å². The van der Waals surface area contributed by atoms with E-state index in [4.69, 9.17) is 4.52 Å². The number of rotatable bonds is 5. The van der Waals surface area contributed by atoms with Crippen molar-refractivity contribution in [2.45, 2.75) is 57.5 Å². The summed E-state index contributed by atoms with van der Waals surface area (Å²) in [4.78, 5) is 8.70. The van der Waals surface area contributed by atoms with Crippen molar-refractivity contribution in [1.82, 2.24) is 25.0 Å². The third kappa shape index (κ3) is 3.32. The van der Waals surface area contributed by atoms with E-state index >= 15 is 0 Å². The molecular formula is C15H23N5O. The molecular weight excluding hydrogens is 266 g/mol. The Balaban J connectivity index is 1.58. The Morgan fingerprint density at radius 3 is 2.90 bits per heavy atom. The Morgan fingerprint density at radius 1 is 1.38 bits per heavy atom. The lowest BCUT2D eigenvalue weighted by Crippen LogP contribution is -2.20. The average Bonchev–Trinajstić information content (AvgIpc) is 3.15. The maximum atomic E-state index is 5.43. The zero-order valence-corrected chi connectivity index (χ0v) is 12.7. The predicted octanol–water partition coefficient (Wildman–Crippen LogP) is 2.70. The largest absolute Gasteiger partial charge is 0.338 e. The van der Waals surface area contributed by atoms with Crippen molar-refractivity contribution in [2.75, 3.05) is 0 Å². The van der Waals surface area contributed by atoms with Crippen LogP contribution in [0.15, 0.2) is 17.0 Å². The van der Waals surface area contributed by atoms with Crippen molar-refractivity contribution >= 4 is 0 Å². The summed E-state index contributed by atoms with van der Waals surface area (Å²) >= 11 is 0. The van der Waals surface area contributed by atoms with E-state index < -0.39 is 0 Å². The zero-order valence-electron chi connectivity index (χ0n) is 12.7. The van der Waals surface area contributed by atoms with Crippen LogP contribution in [0.3, 0.4) is 0 Å². The third-order valence-corrected chi connectivity index (χ3v) is 4.30. The van der Waals surface area contributed by atoms with Crippen molar-refractivity contribution < 1.29 is 4.52 Å². The normalized spacial score (nSPS) is 18.0. The Kier molecular flexibility index (Phi) is 4.34. The predicted molar refractivity (Wildman–Crippen MR) is 78.6 cm³/mol. The van der Waals surface area contributed by atoms with Crippen LogP contribution in [-0.2, 0) is 13.6 Å². The van der Waals surface area contributed by atoms with Gasteiger partial charge in [-0.2, -0.15) is 4.98 Å². The van der Waals surface area contributed by atoms with Gasteiger partial charge in [-0.25, -0.2) is 4.98 Å². The molecule has 2 aromatic rings. The van der Waals surface area contributed by atoms with E-state index in [0.29, 0.717) is 11.8 Å². The van der Waals surface area contributed by atoms with Crippen LogP contribution in [0.4, 0.5) is 0 Å². The van der Waals surface area contributed by atoms with E-state index in [2.05, 4.69) is 27.4 Å². The number of imidazole rings is 1. The molecule has 0 radical (unpaired) electrons. The van der Waals surface area contributed by atoms with Gasteiger partial charge in [0.1, 0.15) is 0 Å². The first-order valence-electron chi connectivity index (χ1n) is 7.76. The van der Waals surface area contributed by atoms with Crippen LogP contribution >= 0.6 is 0 Å². The fourth-order valence-electron chi connectivity index (χ4n) is 2.85. The summed E-state index contributed by atoms with van der Waals surface area (Å²) in [5, 5.41) is 7.58. The number of hydrogen-bond acceptors (Lipinski definition) is 5. The van der Waals surface area contributed by atoms with Crippen molar-refractivity contribution in [3.8, 4) is 0 Å². The highest BCUT2D eigenvalue weighted by Crippen LogP contribution is 2.31. The molecule has 1 atom stereocenters. The average molecular weight is 289 g/mol. The van der Waals surface area contributed by atoms with Gasteiger partial charge in [-0.3, -0.25) is 0 Å². The van der Waals surface area contributed by atoms with Gasteiger partial charge in [0.05, 0.1) is 18.1 Å². The topological polar surface area (TPSA) is 68.8 Å². The Morgan fingerprint density at radius 2 is 2.19 bits per heavy atom. The lowest BCUT2D eigenvalue weighted by Gasteiger charge is -2.17. The second kappa shape index (κ2) is 6.39. The molecule has 1 aliphatic carbocycles. The van der Waals surface area contributed by atoms with Crippen LogP contribution in [0.1, 0.15) is 68.4 Å². The Hall–Kier alpha value is -1.69. The molecule has 1 saturated carbocycles. The van der Waals surface area contributed by atoms with Gasteiger partial charge in [0.25, 0.3) is 0 Å². The van der Waals surface area contributed by atoms with Gasteiger partial charge < -0.3 is 14.4 Å². The molecule has 21 heavy (non-hydrogen) atoms. The second-order valence-corrected chi connectivity index (χ2v) is 5.92. The smallest absolute Gasteiger partial charge is 0.243 e. The lowest BCUT2D eigenvalue weighted by atomic mass is 9.89. The maximum absolute atomic E-state index is 5.43. The molecule has 0 unspecified atom stereocenters. The highest BCUT2D eigenvalue weighted by atomic mass is 16.5. The summed E-state index contributed by atoms with van der Waals surface area (Å²) in [6, 6.07) is 0.0461. The summed E-state index contributed by atoms with van der Waals surface area (Å²) < 4.78 is 7.43. The molecule has 6 heteroatoms. The summed E-state index contributed by atoms with van der Waals surface area (Å²) in [5.74, 6) is 2.05. The monoisotopic (exact) mass is 289 g/mol. The standard InChI is InChI=1S/C15H23N5O/c1-11(17-9-13-8-16-10-20(13)2)15-18-14(19-21-15)12-6-4-3-5-7-12/h8,10-12,17H,3-7,9H2,1-2H3/t11-/m1/s1. The first kappa shape index (κ1) is 14.3. The Bertz CT molecular complexity index is 570. The molecule has 3 rings (SSSR count). The number of aryl methyl sites for hydroxylation is 1. The molecule has 2 aromatic heterocycles. The minimum atomic E-state index is 0.0461. The number of aromatic nitrogens is 4. The summed E-state index contributed by atoms with van der Waals surface area (Å²) in [7, 11) is 1.99. The van der Waals surface area contributed by atoms with Crippen LogP contribution < -0.4 is 5.32 Å². The van der Waals surface area contributed by atoms with Crippen LogP contribution in [0, 0.1) is 0 Å². The summed E-state index contributed by atoms with van der Waals surface area (Å²) in [5.41, 5.74) is 1.13. The number of hydrogen-bond donors (Lipinski definition) is 1. The molecule has 1 fully saturated rings. The summed E-state index contributed by atoms with van der Waals surface area (Å²) in [6.07, 6.45) is 9.94. The molecule has 2 heterocycles. The van der Waals surface area contributed by atoms with Crippen LogP contribution in [-0.4, -0.2) is 19.7 Å². The minimum absolute atomic E-state index is 0.0461. The van der Waals surface area contributed by atoms with Gasteiger partial charge in [0, 0.05) is 25.7 Å². The zero-order chi connectivity index (χ0) is 14.7. The number of nitrogens with one attached hydrogen (secondary N) is 1.